The van der Waals surface area contributed by atoms with Gasteiger partial charge in [-0.1, -0.05) is 0 Å². The fraction of sp³-hybridized carbons (Fsp3) is 0.923. The summed E-state index contributed by atoms with van der Waals surface area (Å²) in [5, 5.41) is 6.03. The van der Waals surface area contributed by atoms with Crippen LogP contribution in [0.2, 0.25) is 0 Å². The molecule has 5 nitrogen and oxygen atoms in total. The molecule has 0 aromatic heterocycles. The zero-order chi connectivity index (χ0) is 14.5. The zero-order valence-corrected chi connectivity index (χ0v) is 13.0. The van der Waals surface area contributed by atoms with Crippen LogP contribution in [-0.2, 0) is 14.6 Å². The highest BCUT2D eigenvalue weighted by molar-refractivity contribution is 7.92. The molecule has 1 saturated heterocycles. The van der Waals surface area contributed by atoms with Gasteiger partial charge in [-0.05, 0) is 52.1 Å². The Kier molecular flexibility index (Phi) is 5.80. The Morgan fingerprint density at radius 1 is 1.32 bits per heavy atom. The van der Waals surface area contributed by atoms with Crippen LogP contribution >= 0.6 is 0 Å². The summed E-state index contributed by atoms with van der Waals surface area (Å²) >= 11 is 0. The number of sulfone groups is 1. The monoisotopic (exact) mass is 290 g/mol. The van der Waals surface area contributed by atoms with Crippen LogP contribution in [0.3, 0.4) is 0 Å². The van der Waals surface area contributed by atoms with Gasteiger partial charge in [-0.25, -0.2) is 8.42 Å². The summed E-state index contributed by atoms with van der Waals surface area (Å²) in [7, 11) is -3.16. The second kappa shape index (κ2) is 6.70. The average Bonchev–Trinajstić information content (AvgIpc) is 2.34. The molecule has 1 fully saturated rings. The number of hydrogen-bond acceptors (Lipinski definition) is 4. The number of amides is 1. The Hall–Kier alpha value is -0.620. The molecular formula is C13H26N2O3S. The van der Waals surface area contributed by atoms with Crippen molar-refractivity contribution >= 4 is 15.7 Å². The summed E-state index contributed by atoms with van der Waals surface area (Å²) in [6, 6.07) is 0. The van der Waals surface area contributed by atoms with Crippen molar-refractivity contribution in [2.45, 2.75) is 44.3 Å². The highest BCUT2D eigenvalue weighted by Gasteiger charge is 2.30. The lowest BCUT2D eigenvalue weighted by atomic mass is 9.93. The molecule has 1 rings (SSSR count). The summed E-state index contributed by atoms with van der Waals surface area (Å²) in [5.74, 6) is 0.574. The van der Waals surface area contributed by atoms with Crippen LogP contribution in [0.25, 0.3) is 0 Å². The molecule has 0 aromatic rings. The molecule has 0 unspecified atom stereocenters. The van der Waals surface area contributed by atoms with E-state index in [-0.39, 0.29) is 12.5 Å². The van der Waals surface area contributed by atoms with E-state index in [4.69, 9.17) is 0 Å². The van der Waals surface area contributed by atoms with Crippen molar-refractivity contribution in [3.63, 3.8) is 0 Å². The second-order valence-corrected chi connectivity index (χ2v) is 8.69. The third-order valence-electron chi connectivity index (χ3n) is 3.95. The second-order valence-electron chi connectivity index (χ2n) is 6.04. The zero-order valence-electron chi connectivity index (χ0n) is 12.2. The van der Waals surface area contributed by atoms with Gasteiger partial charge in [0.05, 0.1) is 4.75 Å². The van der Waals surface area contributed by atoms with E-state index < -0.39 is 14.6 Å². The van der Waals surface area contributed by atoms with E-state index in [1.807, 2.05) is 0 Å². The van der Waals surface area contributed by atoms with E-state index in [1.54, 1.807) is 13.8 Å². The minimum atomic E-state index is -3.16. The molecule has 2 N–H and O–H groups in total. The third kappa shape index (κ3) is 5.48. The minimum Gasteiger partial charge on any atom is -0.355 e. The maximum absolute atomic E-state index is 11.7. The summed E-state index contributed by atoms with van der Waals surface area (Å²) in [6.07, 6.45) is 4.84. The van der Waals surface area contributed by atoms with Gasteiger partial charge in [-0.3, -0.25) is 4.79 Å². The van der Waals surface area contributed by atoms with E-state index in [1.165, 1.54) is 6.26 Å². The standard InChI is InChI=1S/C13H26N2O3S/c1-13(2,19(3,17)18)10-15-12(16)5-4-11-6-8-14-9-7-11/h11,14H,4-10H2,1-3H3,(H,15,16). The Morgan fingerprint density at radius 2 is 1.89 bits per heavy atom. The fourth-order valence-corrected chi connectivity index (χ4v) is 2.37. The average molecular weight is 290 g/mol. The fourth-order valence-electron chi connectivity index (χ4n) is 2.04. The normalized spacial score (nSPS) is 18.3. The van der Waals surface area contributed by atoms with E-state index in [2.05, 4.69) is 10.6 Å². The highest BCUT2D eigenvalue weighted by atomic mass is 32.2. The smallest absolute Gasteiger partial charge is 0.220 e. The van der Waals surface area contributed by atoms with Gasteiger partial charge in [0, 0.05) is 19.2 Å². The van der Waals surface area contributed by atoms with Crippen LogP contribution in [0.5, 0.6) is 0 Å². The molecule has 1 amide bonds. The number of hydrogen-bond donors (Lipinski definition) is 2. The molecule has 0 radical (unpaired) electrons. The van der Waals surface area contributed by atoms with Gasteiger partial charge in [0.2, 0.25) is 5.91 Å². The first-order chi connectivity index (χ1) is 8.72. The van der Waals surface area contributed by atoms with Gasteiger partial charge < -0.3 is 10.6 Å². The Labute approximate surface area is 116 Å². The number of carbonyl (C=O) groups excluding carboxylic acids is 1. The van der Waals surface area contributed by atoms with Crippen LogP contribution in [0.1, 0.15) is 39.5 Å². The van der Waals surface area contributed by atoms with Gasteiger partial charge in [0.1, 0.15) is 0 Å². The van der Waals surface area contributed by atoms with Crippen LogP contribution < -0.4 is 10.6 Å². The topological polar surface area (TPSA) is 75.3 Å². The van der Waals surface area contributed by atoms with Crippen LogP contribution in [0, 0.1) is 5.92 Å². The van der Waals surface area contributed by atoms with Crippen molar-refractivity contribution in [2.24, 2.45) is 5.92 Å². The first-order valence-electron chi connectivity index (χ1n) is 6.89. The molecule has 1 aliphatic rings. The molecule has 112 valence electrons. The molecule has 1 aliphatic heterocycles. The van der Waals surface area contributed by atoms with Gasteiger partial charge in [-0.15, -0.1) is 0 Å². The molecule has 1 heterocycles. The Morgan fingerprint density at radius 3 is 2.42 bits per heavy atom. The van der Waals surface area contributed by atoms with Crippen molar-refractivity contribution < 1.29 is 13.2 Å². The Balaban J connectivity index is 2.28. The number of nitrogens with one attached hydrogen (secondary N) is 2. The number of rotatable bonds is 6. The van der Waals surface area contributed by atoms with Crippen LogP contribution in [-0.4, -0.2) is 45.0 Å². The predicted molar refractivity (Wildman–Crippen MR) is 76.8 cm³/mol. The lowest BCUT2D eigenvalue weighted by Gasteiger charge is -2.24. The maximum atomic E-state index is 11.7. The Bertz CT molecular complexity index is 398. The summed E-state index contributed by atoms with van der Waals surface area (Å²) in [5.41, 5.74) is 0. The van der Waals surface area contributed by atoms with Crippen molar-refractivity contribution in [1.29, 1.82) is 0 Å². The summed E-state index contributed by atoms with van der Waals surface area (Å²) in [4.78, 5) is 11.7. The quantitative estimate of drug-likeness (QED) is 0.755. The van der Waals surface area contributed by atoms with Crippen molar-refractivity contribution in [2.75, 3.05) is 25.9 Å². The molecule has 0 spiro atoms. The number of piperidine rings is 1. The lowest BCUT2D eigenvalue weighted by molar-refractivity contribution is -0.121. The van der Waals surface area contributed by atoms with Gasteiger partial charge in [0.15, 0.2) is 9.84 Å². The highest BCUT2D eigenvalue weighted by Crippen LogP contribution is 2.18. The molecule has 0 atom stereocenters. The van der Waals surface area contributed by atoms with Crippen molar-refractivity contribution in [1.82, 2.24) is 10.6 Å². The summed E-state index contributed by atoms with van der Waals surface area (Å²) < 4.78 is 22.1. The van der Waals surface area contributed by atoms with Crippen molar-refractivity contribution in [3.8, 4) is 0 Å². The maximum Gasteiger partial charge on any atom is 0.220 e. The van der Waals surface area contributed by atoms with E-state index in [9.17, 15) is 13.2 Å². The first-order valence-corrected chi connectivity index (χ1v) is 8.78. The molecule has 19 heavy (non-hydrogen) atoms. The van der Waals surface area contributed by atoms with Crippen LogP contribution in [0.15, 0.2) is 0 Å². The molecule has 0 aromatic carbocycles. The molecule has 0 bridgehead atoms. The van der Waals surface area contributed by atoms with E-state index in [0.29, 0.717) is 12.3 Å². The predicted octanol–water partition coefficient (Wildman–Crippen LogP) is 0.706. The third-order valence-corrected chi connectivity index (χ3v) is 6.11. The summed E-state index contributed by atoms with van der Waals surface area (Å²) in [6.45, 7) is 5.52. The largest absolute Gasteiger partial charge is 0.355 e. The molecule has 6 heteroatoms. The molecule has 0 saturated carbocycles. The van der Waals surface area contributed by atoms with E-state index >= 15 is 0 Å². The number of carbonyl (C=O) groups is 1. The lowest BCUT2D eigenvalue weighted by Crippen LogP contribution is -2.43. The minimum absolute atomic E-state index is 0.0461. The first kappa shape index (κ1) is 16.4. The SMILES string of the molecule is CC(C)(CNC(=O)CCC1CCNCC1)S(C)(=O)=O. The van der Waals surface area contributed by atoms with Crippen LogP contribution in [0.4, 0.5) is 0 Å². The van der Waals surface area contributed by atoms with Gasteiger partial charge in [-0.2, -0.15) is 0 Å². The molecule has 0 aliphatic carbocycles. The van der Waals surface area contributed by atoms with E-state index in [0.717, 1.165) is 32.4 Å². The molecular weight excluding hydrogens is 264 g/mol. The van der Waals surface area contributed by atoms with Gasteiger partial charge >= 0.3 is 0 Å². The van der Waals surface area contributed by atoms with Crippen molar-refractivity contribution in [3.05, 3.63) is 0 Å². The van der Waals surface area contributed by atoms with Gasteiger partial charge in [0.25, 0.3) is 0 Å².